The summed E-state index contributed by atoms with van der Waals surface area (Å²) >= 11 is 0. The summed E-state index contributed by atoms with van der Waals surface area (Å²) < 4.78 is 0. The molecule has 7 atom stereocenters. The molecule has 0 aliphatic carbocycles. The highest BCUT2D eigenvalue weighted by Crippen LogP contribution is 2.09. The van der Waals surface area contributed by atoms with Crippen LogP contribution in [0.15, 0.2) is 17.5 Å². The molecule has 0 aliphatic heterocycles. The van der Waals surface area contributed by atoms with Gasteiger partial charge in [0.1, 0.15) is 36.3 Å². The summed E-state index contributed by atoms with van der Waals surface area (Å²) in [4.78, 5) is 137. The number of imidazole rings is 1. The zero-order chi connectivity index (χ0) is 46.4. The van der Waals surface area contributed by atoms with Crippen LogP contribution in [-0.2, 0) is 54.4 Å². The van der Waals surface area contributed by atoms with Crippen LogP contribution in [0.1, 0.15) is 64.5 Å². The van der Waals surface area contributed by atoms with Gasteiger partial charge in [-0.25, -0.2) is 9.78 Å². The highest BCUT2D eigenvalue weighted by Gasteiger charge is 2.35. The molecule has 0 aromatic carbocycles. The second kappa shape index (κ2) is 26.3. The zero-order valence-electron chi connectivity index (χ0n) is 33.4. The first-order valence-corrected chi connectivity index (χ1v) is 18.7. The van der Waals surface area contributed by atoms with E-state index in [0.717, 1.165) is 0 Å². The third kappa shape index (κ3) is 20.1. The summed E-state index contributed by atoms with van der Waals surface area (Å²) in [6.45, 7) is 1.84. The molecule has 0 aliphatic rings. The van der Waals surface area contributed by atoms with Crippen molar-refractivity contribution in [3.05, 3.63) is 18.2 Å². The number of aliphatic hydroxyl groups is 1. The lowest BCUT2D eigenvalue weighted by atomic mass is 10.0. The minimum Gasteiger partial charge on any atom is -0.481 e. The van der Waals surface area contributed by atoms with Crippen molar-refractivity contribution >= 4 is 65.2 Å². The first-order valence-electron chi connectivity index (χ1n) is 18.7. The number of aliphatic imine (C=N–C) groups is 1. The lowest BCUT2D eigenvalue weighted by Gasteiger charge is -2.28. The van der Waals surface area contributed by atoms with E-state index in [9.17, 15) is 68.4 Å². The number of carboxylic acid groups (broad SMARTS) is 3. The van der Waals surface area contributed by atoms with Gasteiger partial charge in [0.25, 0.3) is 0 Å². The van der Waals surface area contributed by atoms with E-state index in [2.05, 4.69) is 41.5 Å². The molecule has 0 bridgehead atoms. The third-order valence-electron chi connectivity index (χ3n) is 8.56. The van der Waals surface area contributed by atoms with E-state index < -0.39 is 133 Å². The maximum Gasteiger partial charge on any atom is 0.328 e. The predicted molar refractivity (Wildman–Crippen MR) is 209 cm³/mol. The molecule has 1 aromatic rings. The highest BCUT2D eigenvalue weighted by atomic mass is 16.4. The number of aromatic amines is 1. The fraction of sp³-hybridized carbons (Fsp3) is 0.588. The number of rotatable bonds is 29. The molecule has 340 valence electrons. The van der Waals surface area contributed by atoms with Gasteiger partial charge in [-0.2, -0.15) is 0 Å². The molecule has 1 rings (SSSR count). The van der Waals surface area contributed by atoms with Gasteiger partial charge in [-0.3, -0.25) is 48.1 Å². The van der Waals surface area contributed by atoms with Crippen LogP contribution in [0, 0.1) is 5.92 Å². The van der Waals surface area contributed by atoms with Gasteiger partial charge in [0.2, 0.25) is 41.4 Å². The Labute approximate surface area is 348 Å². The number of primary amides is 1. The topological polar surface area (TPSA) is 469 Å². The van der Waals surface area contributed by atoms with Crippen molar-refractivity contribution in [1.29, 1.82) is 0 Å². The number of hydrogen-bond donors (Lipinski definition) is 15. The zero-order valence-corrected chi connectivity index (χ0v) is 33.4. The smallest absolute Gasteiger partial charge is 0.328 e. The van der Waals surface area contributed by atoms with Crippen molar-refractivity contribution in [1.82, 2.24) is 41.9 Å². The first-order chi connectivity index (χ1) is 28.5. The second-order valence-corrected chi connectivity index (χ2v) is 13.9. The average molecular weight is 870 g/mol. The number of H-pyrrole nitrogens is 1. The van der Waals surface area contributed by atoms with Crippen LogP contribution < -0.4 is 54.8 Å². The molecule has 1 aromatic heterocycles. The Balaban J connectivity index is 3.46. The number of nitrogens with zero attached hydrogens (tertiary/aromatic N) is 2. The number of carboxylic acids is 3. The second-order valence-electron chi connectivity index (χ2n) is 13.9. The molecule has 19 N–H and O–H groups in total. The van der Waals surface area contributed by atoms with Crippen molar-refractivity contribution in [2.45, 2.75) is 108 Å². The lowest BCUT2D eigenvalue weighted by molar-refractivity contribution is -0.144. The number of carbonyl (C=O) groups is 10. The molecular formula is C34H55N13O14. The summed E-state index contributed by atoms with van der Waals surface area (Å²) in [6, 6.07) is -11.2. The Kier molecular flexibility index (Phi) is 22.4. The van der Waals surface area contributed by atoms with Crippen LogP contribution in [0.4, 0.5) is 0 Å². The van der Waals surface area contributed by atoms with Gasteiger partial charge in [0.15, 0.2) is 5.96 Å². The minimum atomic E-state index is -1.95. The van der Waals surface area contributed by atoms with Crippen molar-refractivity contribution in [3.63, 3.8) is 0 Å². The normalized spacial score (nSPS) is 14.3. The molecule has 27 heteroatoms. The Morgan fingerprint density at radius 3 is 1.72 bits per heavy atom. The van der Waals surface area contributed by atoms with Crippen LogP contribution in [0.3, 0.4) is 0 Å². The van der Waals surface area contributed by atoms with Crippen LogP contribution >= 0.6 is 0 Å². The SMILES string of the molecule is CC(C)[C@H](NC(=O)[C@H](CC(=O)O)NC(=O)[C@H](CCC(=O)O)NC(=O)[C@H](CCCN=C(N)N)NC(=O)[C@H](Cc1cnc[nH]1)NC(=O)[C@@H](N)CCC(N)=O)C(=O)N[C@@H](CO)C(=O)O. The standard InChI is InChI=1S/C34H55N13O14/c1-15(2)26(32(59)46-22(13-48)33(60)61)47-31(58)21(11-25(52)53)45-29(56)19(6-8-24(50)51)43-28(55)18(4-3-9-40-34(37)38)42-30(57)20(10-16-12-39-14-41-16)44-27(54)17(35)5-7-23(36)49/h12,14-15,17-22,26,48H,3-11,13,35H2,1-2H3,(H2,36,49)(H,39,41)(H,42,57)(H,43,55)(H,44,54)(H,45,56)(H,46,59)(H,47,58)(H,50,51)(H,52,53)(H,60,61)(H4,37,38,40)/t17-,18-,19-,20-,21-,22-,26-/m0/s1. The van der Waals surface area contributed by atoms with Crippen LogP contribution in [-0.4, -0.2) is 151 Å². The summed E-state index contributed by atoms with van der Waals surface area (Å²) in [5, 5.41) is 51.1. The van der Waals surface area contributed by atoms with E-state index >= 15 is 0 Å². The Bertz CT molecular complexity index is 1740. The van der Waals surface area contributed by atoms with Gasteiger partial charge < -0.3 is 80.2 Å². The average Bonchev–Trinajstić information content (AvgIpc) is 3.69. The molecule has 1 heterocycles. The summed E-state index contributed by atoms with van der Waals surface area (Å²) in [7, 11) is 0. The molecule has 61 heavy (non-hydrogen) atoms. The van der Waals surface area contributed by atoms with Gasteiger partial charge in [0.05, 0.1) is 25.4 Å². The number of carbonyl (C=O) groups excluding carboxylic acids is 7. The quantitative estimate of drug-likeness (QED) is 0.0202. The third-order valence-corrected chi connectivity index (χ3v) is 8.56. The van der Waals surface area contributed by atoms with E-state index in [0.29, 0.717) is 5.69 Å². The number of aliphatic hydroxyl groups excluding tert-OH is 1. The van der Waals surface area contributed by atoms with Crippen LogP contribution in [0.5, 0.6) is 0 Å². The molecule has 0 unspecified atom stereocenters. The van der Waals surface area contributed by atoms with E-state index in [1.807, 2.05) is 5.32 Å². The summed E-state index contributed by atoms with van der Waals surface area (Å²) in [6.07, 6.45) is -0.584. The van der Waals surface area contributed by atoms with Gasteiger partial charge in [-0.15, -0.1) is 0 Å². The monoisotopic (exact) mass is 869 g/mol. The number of nitrogens with one attached hydrogen (secondary N) is 7. The molecule has 0 saturated heterocycles. The Morgan fingerprint density at radius 1 is 0.689 bits per heavy atom. The van der Waals surface area contributed by atoms with Crippen molar-refractivity contribution in [2.75, 3.05) is 13.2 Å². The summed E-state index contributed by atoms with van der Waals surface area (Å²) in [5.74, 6) is -12.8. The van der Waals surface area contributed by atoms with E-state index in [1.165, 1.54) is 26.4 Å². The number of aromatic nitrogens is 2. The van der Waals surface area contributed by atoms with Crippen LogP contribution in [0.25, 0.3) is 0 Å². The van der Waals surface area contributed by atoms with Crippen LogP contribution in [0.2, 0.25) is 0 Å². The van der Waals surface area contributed by atoms with E-state index in [4.69, 9.17) is 22.9 Å². The predicted octanol–water partition coefficient (Wildman–Crippen LogP) is -6.42. The van der Waals surface area contributed by atoms with E-state index in [-0.39, 0.29) is 44.6 Å². The first kappa shape index (κ1) is 52.1. The van der Waals surface area contributed by atoms with Crippen molar-refractivity contribution in [3.8, 4) is 0 Å². The molecule has 0 fully saturated rings. The number of nitrogens with two attached hydrogens (primary N) is 4. The number of amides is 7. The number of aliphatic carboxylic acids is 3. The lowest BCUT2D eigenvalue weighted by Crippen LogP contribution is -2.60. The van der Waals surface area contributed by atoms with E-state index in [1.54, 1.807) is 0 Å². The Hall–Kier alpha value is -6.90. The Morgan fingerprint density at radius 2 is 1.23 bits per heavy atom. The largest absolute Gasteiger partial charge is 0.481 e. The molecule has 0 saturated carbocycles. The maximum atomic E-state index is 13.9. The fourth-order valence-electron chi connectivity index (χ4n) is 5.28. The van der Waals surface area contributed by atoms with Gasteiger partial charge in [0, 0.05) is 37.7 Å². The van der Waals surface area contributed by atoms with Crippen molar-refractivity contribution in [2.24, 2.45) is 33.8 Å². The van der Waals surface area contributed by atoms with Gasteiger partial charge in [-0.1, -0.05) is 13.8 Å². The maximum absolute atomic E-state index is 13.9. The molecule has 7 amide bonds. The van der Waals surface area contributed by atoms with Gasteiger partial charge >= 0.3 is 17.9 Å². The highest BCUT2D eigenvalue weighted by molar-refractivity contribution is 5.98. The molecule has 0 spiro atoms. The van der Waals surface area contributed by atoms with Crippen molar-refractivity contribution < 1.29 is 68.4 Å². The minimum absolute atomic E-state index is 0.0365. The molecule has 0 radical (unpaired) electrons. The van der Waals surface area contributed by atoms with Gasteiger partial charge in [-0.05, 0) is 31.6 Å². The fourth-order valence-corrected chi connectivity index (χ4v) is 5.28. The molecule has 27 nitrogen and oxygen atoms in total. The summed E-state index contributed by atoms with van der Waals surface area (Å²) in [5.41, 5.74) is 22.2. The number of hydrogen-bond acceptors (Lipinski definition) is 14. The number of guanidine groups is 1. The molecular weight excluding hydrogens is 814 g/mol.